The van der Waals surface area contributed by atoms with Crippen LogP contribution in [0, 0.1) is 6.92 Å². The van der Waals surface area contributed by atoms with Crippen LogP contribution in [-0.2, 0) is 22.7 Å². The molecule has 1 heterocycles. The third kappa shape index (κ3) is 8.48. The molecule has 0 aliphatic heterocycles. The molecule has 0 saturated heterocycles. The number of carbonyl (C=O) groups excluding carboxylic acids is 2. The molecular formula is C32H32LiNO6S. The molecule has 2 N–H and O–H groups in total. The Morgan fingerprint density at radius 2 is 1.78 bits per heavy atom. The number of hydrogen-bond donors (Lipinski definition) is 2. The molecule has 4 rings (SSSR count). The van der Waals surface area contributed by atoms with Crippen LogP contribution in [-0.4, -0.2) is 41.3 Å². The number of aldehydes is 1. The van der Waals surface area contributed by atoms with Crippen LogP contribution < -0.4 is 24.2 Å². The van der Waals surface area contributed by atoms with Gasteiger partial charge in [-0.15, -0.1) is 0 Å². The average Bonchev–Trinajstić information content (AvgIpc) is 3.44. The van der Waals surface area contributed by atoms with Gasteiger partial charge >= 0.3 is 24.8 Å². The zero-order chi connectivity index (χ0) is 28.5. The average molecular weight is 566 g/mol. The van der Waals surface area contributed by atoms with Gasteiger partial charge in [0.25, 0.3) is 5.91 Å². The quantitative estimate of drug-likeness (QED) is 0.189. The fourth-order valence-corrected chi connectivity index (χ4v) is 4.78. The van der Waals surface area contributed by atoms with E-state index in [2.05, 4.69) is 5.32 Å². The molecule has 0 aliphatic carbocycles. The first-order valence-electron chi connectivity index (χ1n) is 12.8. The van der Waals surface area contributed by atoms with Crippen LogP contribution in [0.3, 0.4) is 0 Å². The van der Waals surface area contributed by atoms with Crippen LogP contribution in [0.5, 0.6) is 0 Å². The summed E-state index contributed by atoms with van der Waals surface area (Å²) in [7, 11) is 0. The van der Waals surface area contributed by atoms with E-state index in [1.807, 2.05) is 73.8 Å². The van der Waals surface area contributed by atoms with E-state index < -0.39 is 17.9 Å². The summed E-state index contributed by atoms with van der Waals surface area (Å²) in [5.74, 6) is 0.495. The van der Waals surface area contributed by atoms with Gasteiger partial charge in [0.2, 0.25) is 0 Å². The first-order valence-corrected chi connectivity index (χ1v) is 14.2. The molecule has 4 aromatic rings. The van der Waals surface area contributed by atoms with Crippen molar-refractivity contribution in [2.24, 2.45) is 0 Å². The van der Waals surface area contributed by atoms with Crippen LogP contribution in [0.2, 0.25) is 0 Å². The SMILES string of the molecule is CSCC[C@H](NC(=O)c1ccc(COCc2ccc(-c3ccc(C=O)cc3)o2)cc1-c1ccccc1C)C(=O)O.[H-].[Li+]. The van der Waals surface area contributed by atoms with Crippen molar-refractivity contribution in [3.63, 3.8) is 0 Å². The van der Waals surface area contributed by atoms with Gasteiger partial charge in [0.05, 0.1) is 6.61 Å². The molecule has 0 fully saturated rings. The van der Waals surface area contributed by atoms with Crippen LogP contribution in [0.4, 0.5) is 0 Å². The molecule has 0 saturated carbocycles. The smallest absolute Gasteiger partial charge is 1.00 e. The van der Waals surface area contributed by atoms with E-state index in [-0.39, 0.29) is 33.5 Å². The standard InChI is InChI=1S/C32H31NO6S.Li.H/c1-21-5-3-4-6-26(21)28-17-23(9-13-27(28)31(35)33-29(32(36)37)15-16-40-2)19-38-20-25-12-14-30(39-25)24-10-7-22(18-34)8-11-24;;/h3-14,17-18,29H,15-16,19-20H2,1-2H3,(H,33,35)(H,36,37);;/q;+1;-1/t29-;;/m0../s1. The largest absolute Gasteiger partial charge is 1.00 e. The summed E-state index contributed by atoms with van der Waals surface area (Å²) in [5.41, 5.74) is 5.34. The fourth-order valence-electron chi connectivity index (χ4n) is 4.31. The Morgan fingerprint density at radius 3 is 2.46 bits per heavy atom. The first-order chi connectivity index (χ1) is 19.4. The van der Waals surface area contributed by atoms with Crippen molar-refractivity contribution in [2.45, 2.75) is 32.6 Å². The van der Waals surface area contributed by atoms with Gasteiger partial charge in [-0.3, -0.25) is 9.59 Å². The third-order valence-corrected chi connectivity index (χ3v) is 7.13. The number of aliphatic carboxylic acids is 1. The minimum atomic E-state index is -1.05. The summed E-state index contributed by atoms with van der Waals surface area (Å²) in [5, 5.41) is 12.3. The minimum absolute atomic E-state index is 0. The minimum Gasteiger partial charge on any atom is -1.00 e. The molecule has 9 heteroatoms. The molecule has 0 aliphatic rings. The number of benzene rings is 3. The van der Waals surface area contributed by atoms with E-state index >= 15 is 0 Å². The molecule has 1 aromatic heterocycles. The number of rotatable bonds is 13. The number of carbonyl (C=O) groups is 3. The molecule has 0 radical (unpaired) electrons. The number of amides is 1. The predicted molar refractivity (Wildman–Crippen MR) is 158 cm³/mol. The molecule has 0 bridgehead atoms. The number of aryl methyl sites for hydroxylation is 1. The Balaban J connectivity index is 0.00000308. The first kappa shape index (κ1) is 32.0. The van der Waals surface area contributed by atoms with E-state index in [1.165, 1.54) is 11.8 Å². The number of furan rings is 1. The topological polar surface area (TPSA) is 106 Å². The van der Waals surface area contributed by atoms with Gasteiger partial charge in [-0.1, -0.05) is 54.6 Å². The Labute approximate surface area is 257 Å². The van der Waals surface area contributed by atoms with Crippen molar-refractivity contribution in [3.05, 3.63) is 107 Å². The second-order valence-corrected chi connectivity index (χ2v) is 10.3. The Kier molecular flexibility index (Phi) is 12.1. The Morgan fingerprint density at radius 1 is 1.02 bits per heavy atom. The third-order valence-electron chi connectivity index (χ3n) is 6.48. The van der Waals surface area contributed by atoms with E-state index in [9.17, 15) is 19.5 Å². The predicted octanol–water partition coefficient (Wildman–Crippen LogP) is 3.50. The van der Waals surface area contributed by atoms with Crippen molar-refractivity contribution in [1.29, 1.82) is 0 Å². The van der Waals surface area contributed by atoms with Crippen molar-refractivity contribution in [1.82, 2.24) is 5.32 Å². The summed E-state index contributed by atoms with van der Waals surface area (Å²) < 4.78 is 11.8. The van der Waals surface area contributed by atoms with Crippen LogP contribution >= 0.6 is 11.8 Å². The van der Waals surface area contributed by atoms with Crippen molar-refractivity contribution in [2.75, 3.05) is 12.0 Å². The zero-order valence-corrected chi connectivity index (χ0v) is 24.2. The van der Waals surface area contributed by atoms with Gasteiger partial charge in [-0.05, 0) is 71.9 Å². The molecule has 3 aromatic carbocycles. The van der Waals surface area contributed by atoms with Gasteiger partial charge in [0.1, 0.15) is 30.5 Å². The molecule has 7 nitrogen and oxygen atoms in total. The maximum absolute atomic E-state index is 13.3. The maximum Gasteiger partial charge on any atom is 1.00 e. The van der Waals surface area contributed by atoms with E-state index in [4.69, 9.17) is 9.15 Å². The fraction of sp³-hybridized carbons (Fsp3) is 0.219. The molecule has 0 unspecified atom stereocenters. The zero-order valence-electron chi connectivity index (χ0n) is 24.4. The van der Waals surface area contributed by atoms with Gasteiger partial charge in [0.15, 0.2) is 0 Å². The summed E-state index contributed by atoms with van der Waals surface area (Å²) in [6, 6.07) is 23.1. The monoisotopic (exact) mass is 565 g/mol. The Hall–Kier alpha value is -3.54. The van der Waals surface area contributed by atoms with E-state index in [0.717, 1.165) is 28.5 Å². The second-order valence-electron chi connectivity index (χ2n) is 9.34. The normalized spacial score (nSPS) is 11.4. The van der Waals surface area contributed by atoms with Crippen LogP contribution in [0.1, 0.15) is 45.5 Å². The number of thioether (sulfide) groups is 1. The van der Waals surface area contributed by atoms with Crippen molar-refractivity contribution in [3.8, 4) is 22.5 Å². The maximum atomic E-state index is 13.3. The van der Waals surface area contributed by atoms with Gasteiger partial charge in [-0.25, -0.2) is 4.79 Å². The number of carboxylic acids is 1. The number of ether oxygens (including phenoxy) is 1. The van der Waals surface area contributed by atoms with Crippen molar-refractivity contribution < 1.29 is 48.9 Å². The van der Waals surface area contributed by atoms with Gasteiger partial charge in [0, 0.05) is 16.7 Å². The van der Waals surface area contributed by atoms with Crippen molar-refractivity contribution >= 4 is 29.9 Å². The van der Waals surface area contributed by atoms with Gasteiger partial charge in [-0.2, -0.15) is 11.8 Å². The van der Waals surface area contributed by atoms with Crippen LogP contribution in [0.25, 0.3) is 22.5 Å². The molecule has 0 spiro atoms. The van der Waals surface area contributed by atoms with E-state index in [1.54, 1.807) is 18.2 Å². The summed E-state index contributed by atoms with van der Waals surface area (Å²) in [6.45, 7) is 2.51. The summed E-state index contributed by atoms with van der Waals surface area (Å²) in [6.07, 6.45) is 3.04. The number of hydrogen-bond acceptors (Lipinski definition) is 6. The number of carboxylic acid groups (broad SMARTS) is 1. The Bertz CT molecular complexity index is 1490. The molecule has 1 amide bonds. The van der Waals surface area contributed by atoms with Crippen LogP contribution in [0.15, 0.2) is 83.3 Å². The molecule has 1 atom stereocenters. The van der Waals surface area contributed by atoms with Gasteiger partial charge < -0.3 is 21.0 Å². The number of nitrogens with one attached hydrogen (secondary N) is 1. The molecular weight excluding hydrogens is 533 g/mol. The summed E-state index contributed by atoms with van der Waals surface area (Å²) >= 11 is 1.53. The second kappa shape index (κ2) is 15.5. The summed E-state index contributed by atoms with van der Waals surface area (Å²) in [4.78, 5) is 35.9. The molecule has 41 heavy (non-hydrogen) atoms. The molecule has 208 valence electrons. The van der Waals surface area contributed by atoms with E-state index in [0.29, 0.717) is 40.4 Å².